The largest absolute Gasteiger partial charge is 0.493 e. The van der Waals surface area contributed by atoms with Crippen LogP contribution in [0.2, 0.25) is 0 Å². The summed E-state index contributed by atoms with van der Waals surface area (Å²) in [6, 6.07) is 5.72. The molecule has 21 heavy (non-hydrogen) atoms. The third-order valence-electron chi connectivity index (χ3n) is 3.89. The Hall–Kier alpha value is -1.55. The first-order valence-electron chi connectivity index (χ1n) is 7.65. The van der Waals surface area contributed by atoms with Crippen LogP contribution in [-0.4, -0.2) is 17.6 Å². The maximum absolute atomic E-state index is 11.9. The van der Waals surface area contributed by atoms with Crippen LogP contribution >= 0.6 is 0 Å². The lowest BCUT2D eigenvalue weighted by molar-refractivity contribution is -0.124. The van der Waals surface area contributed by atoms with Crippen molar-refractivity contribution in [3.63, 3.8) is 0 Å². The molecule has 0 radical (unpaired) electrons. The number of rotatable bonds is 4. The van der Waals surface area contributed by atoms with Crippen molar-refractivity contribution in [3.05, 3.63) is 29.3 Å². The first-order chi connectivity index (χ1) is 9.90. The zero-order valence-corrected chi connectivity index (χ0v) is 13.2. The SMILES string of the molecule is CC(C)C(=O)NC1CCOc2ccc(C(O)C(C)C)cc21. The van der Waals surface area contributed by atoms with Crippen molar-refractivity contribution in [1.29, 1.82) is 0 Å². The van der Waals surface area contributed by atoms with Crippen LogP contribution < -0.4 is 10.1 Å². The Kier molecular flexibility index (Phi) is 4.88. The van der Waals surface area contributed by atoms with Crippen molar-refractivity contribution in [2.24, 2.45) is 11.8 Å². The molecule has 2 N–H and O–H groups in total. The molecule has 0 bridgehead atoms. The van der Waals surface area contributed by atoms with E-state index in [1.807, 2.05) is 45.9 Å². The molecule has 0 aromatic heterocycles. The average molecular weight is 291 g/mol. The lowest BCUT2D eigenvalue weighted by Crippen LogP contribution is -2.34. The van der Waals surface area contributed by atoms with Gasteiger partial charge in [0.2, 0.25) is 5.91 Å². The summed E-state index contributed by atoms with van der Waals surface area (Å²) in [6.45, 7) is 8.34. The van der Waals surface area contributed by atoms with Crippen molar-refractivity contribution < 1.29 is 14.6 Å². The summed E-state index contributed by atoms with van der Waals surface area (Å²) in [7, 11) is 0. The van der Waals surface area contributed by atoms with E-state index in [0.717, 1.165) is 23.3 Å². The smallest absolute Gasteiger partial charge is 0.223 e. The van der Waals surface area contributed by atoms with Crippen LogP contribution in [0.1, 0.15) is 57.4 Å². The van der Waals surface area contributed by atoms with Crippen LogP contribution in [0.5, 0.6) is 5.75 Å². The van der Waals surface area contributed by atoms with Gasteiger partial charge < -0.3 is 15.2 Å². The number of hydrogen-bond acceptors (Lipinski definition) is 3. The second-order valence-electron chi connectivity index (χ2n) is 6.34. The molecule has 2 atom stereocenters. The first kappa shape index (κ1) is 15.8. The molecule has 1 heterocycles. The summed E-state index contributed by atoms with van der Waals surface area (Å²) < 4.78 is 5.66. The molecule has 1 aliphatic heterocycles. The fourth-order valence-corrected chi connectivity index (χ4v) is 2.47. The molecule has 0 saturated carbocycles. The lowest BCUT2D eigenvalue weighted by Gasteiger charge is -2.28. The molecule has 2 unspecified atom stereocenters. The van der Waals surface area contributed by atoms with Gasteiger partial charge in [-0.15, -0.1) is 0 Å². The minimum atomic E-state index is -0.501. The highest BCUT2D eigenvalue weighted by atomic mass is 16.5. The summed E-state index contributed by atoms with van der Waals surface area (Å²) in [6.07, 6.45) is 0.255. The first-order valence-corrected chi connectivity index (χ1v) is 7.65. The fourth-order valence-electron chi connectivity index (χ4n) is 2.47. The number of hydrogen-bond donors (Lipinski definition) is 2. The monoisotopic (exact) mass is 291 g/mol. The molecule has 4 heteroatoms. The number of aliphatic hydroxyl groups is 1. The molecule has 2 rings (SSSR count). The van der Waals surface area contributed by atoms with E-state index in [1.165, 1.54) is 0 Å². The van der Waals surface area contributed by atoms with Crippen LogP contribution in [-0.2, 0) is 4.79 Å². The third kappa shape index (κ3) is 3.56. The standard InChI is InChI=1S/C17H25NO3/c1-10(2)16(19)12-5-6-15-13(9-12)14(7-8-21-15)18-17(20)11(3)4/h5-6,9-11,14,16,19H,7-8H2,1-4H3,(H,18,20). The quantitative estimate of drug-likeness (QED) is 0.896. The van der Waals surface area contributed by atoms with Crippen LogP contribution in [0.3, 0.4) is 0 Å². The van der Waals surface area contributed by atoms with E-state index in [1.54, 1.807) is 0 Å². The molecule has 1 amide bonds. The Morgan fingerprint density at radius 3 is 2.67 bits per heavy atom. The molecule has 1 aromatic rings. The van der Waals surface area contributed by atoms with E-state index in [2.05, 4.69) is 5.32 Å². The van der Waals surface area contributed by atoms with Gasteiger partial charge in [-0.3, -0.25) is 4.79 Å². The number of carbonyl (C=O) groups excluding carboxylic acids is 1. The molecular formula is C17H25NO3. The predicted octanol–water partition coefficient (Wildman–Crippen LogP) is 2.97. The number of aliphatic hydroxyl groups excluding tert-OH is 1. The number of ether oxygens (including phenoxy) is 1. The Balaban J connectivity index is 2.27. The molecule has 0 fully saturated rings. The summed E-state index contributed by atoms with van der Waals surface area (Å²) in [5.74, 6) is 0.953. The van der Waals surface area contributed by atoms with Gasteiger partial charge in [-0.05, 0) is 23.6 Å². The van der Waals surface area contributed by atoms with E-state index in [4.69, 9.17) is 4.74 Å². The van der Waals surface area contributed by atoms with Gasteiger partial charge in [0, 0.05) is 17.9 Å². The number of benzene rings is 1. The zero-order chi connectivity index (χ0) is 15.6. The molecule has 1 aliphatic rings. The lowest BCUT2D eigenvalue weighted by atomic mass is 9.93. The van der Waals surface area contributed by atoms with E-state index < -0.39 is 6.10 Å². The van der Waals surface area contributed by atoms with Crippen molar-refractivity contribution in [3.8, 4) is 5.75 Å². The molecule has 116 valence electrons. The molecule has 0 aliphatic carbocycles. The Labute approximate surface area is 126 Å². The number of carbonyl (C=O) groups is 1. The van der Waals surface area contributed by atoms with Crippen LogP contribution in [0.25, 0.3) is 0 Å². The van der Waals surface area contributed by atoms with Crippen LogP contribution in [0, 0.1) is 11.8 Å². The van der Waals surface area contributed by atoms with Gasteiger partial charge in [0.25, 0.3) is 0 Å². The highest BCUT2D eigenvalue weighted by molar-refractivity contribution is 5.78. The summed E-state index contributed by atoms with van der Waals surface area (Å²) in [4.78, 5) is 11.9. The van der Waals surface area contributed by atoms with Crippen molar-refractivity contribution in [1.82, 2.24) is 5.32 Å². The topological polar surface area (TPSA) is 58.6 Å². The van der Waals surface area contributed by atoms with Crippen molar-refractivity contribution in [2.45, 2.75) is 46.3 Å². The zero-order valence-electron chi connectivity index (χ0n) is 13.2. The Bertz CT molecular complexity index is 511. The van der Waals surface area contributed by atoms with Crippen molar-refractivity contribution in [2.75, 3.05) is 6.61 Å². The second kappa shape index (κ2) is 6.48. The molecule has 0 saturated heterocycles. The van der Waals surface area contributed by atoms with E-state index in [9.17, 15) is 9.90 Å². The summed E-state index contributed by atoms with van der Waals surface area (Å²) in [5, 5.41) is 13.3. The number of nitrogens with one attached hydrogen (secondary N) is 1. The normalized spacial score (nSPS) is 19.1. The number of amides is 1. The second-order valence-corrected chi connectivity index (χ2v) is 6.34. The predicted molar refractivity (Wildman–Crippen MR) is 82.1 cm³/mol. The fraction of sp³-hybridized carbons (Fsp3) is 0.588. The van der Waals surface area contributed by atoms with E-state index in [0.29, 0.717) is 6.61 Å². The van der Waals surface area contributed by atoms with Gasteiger partial charge in [-0.1, -0.05) is 33.8 Å². The van der Waals surface area contributed by atoms with E-state index >= 15 is 0 Å². The van der Waals surface area contributed by atoms with Gasteiger partial charge in [-0.25, -0.2) is 0 Å². The molecule has 4 nitrogen and oxygen atoms in total. The molecule has 1 aromatic carbocycles. The van der Waals surface area contributed by atoms with Crippen molar-refractivity contribution >= 4 is 5.91 Å². The van der Waals surface area contributed by atoms with Gasteiger partial charge in [0.05, 0.1) is 18.8 Å². The van der Waals surface area contributed by atoms with Gasteiger partial charge >= 0.3 is 0 Å². The van der Waals surface area contributed by atoms with Crippen LogP contribution in [0.15, 0.2) is 18.2 Å². The molecule has 0 spiro atoms. The average Bonchev–Trinajstić information content (AvgIpc) is 2.46. The third-order valence-corrected chi connectivity index (χ3v) is 3.89. The minimum Gasteiger partial charge on any atom is -0.493 e. The Morgan fingerprint density at radius 1 is 1.33 bits per heavy atom. The van der Waals surface area contributed by atoms with Gasteiger partial charge in [-0.2, -0.15) is 0 Å². The summed E-state index contributed by atoms with van der Waals surface area (Å²) in [5.41, 5.74) is 1.84. The number of fused-ring (bicyclic) bond motifs is 1. The molecular weight excluding hydrogens is 266 g/mol. The highest BCUT2D eigenvalue weighted by Gasteiger charge is 2.25. The highest BCUT2D eigenvalue weighted by Crippen LogP contribution is 2.35. The maximum Gasteiger partial charge on any atom is 0.223 e. The minimum absolute atomic E-state index is 0.0389. The Morgan fingerprint density at radius 2 is 2.05 bits per heavy atom. The maximum atomic E-state index is 11.9. The van der Waals surface area contributed by atoms with Crippen LogP contribution in [0.4, 0.5) is 0 Å². The van der Waals surface area contributed by atoms with Gasteiger partial charge in [0.1, 0.15) is 5.75 Å². The van der Waals surface area contributed by atoms with E-state index in [-0.39, 0.29) is 23.8 Å². The summed E-state index contributed by atoms with van der Waals surface area (Å²) >= 11 is 0. The van der Waals surface area contributed by atoms with Gasteiger partial charge in [0.15, 0.2) is 0 Å².